The van der Waals surface area contributed by atoms with Gasteiger partial charge in [0, 0.05) is 28.6 Å². The van der Waals surface area contributed by atoms with Gasteiger partial charge in [-0.25, -0.2) is 0 Å². The predicted molar refractivity (Wildman–Crippen MR) is 149 cm³/mol. The van der Waals surface area contributed by atoms with Crippen molar-refractivity contribution < 1.29 is 14.9 Å². The Morgan fingerprint density at radius 3 is 2.64 bits per heavy atom. The minimum atomic E-state index is -0.738. The van der Waals surface area contributed by atoms with Gasteiger partial charge in [-0.15, -0.1) is 11.8 Å². The number of aliphatic hydroxyl groups excluding tert-OH is 2. The summed E-state index contributed by atoms with van der Waals surface area (Å²) in [6, 6.07) is 13.6. The van der Waals surface area contributed by atoms with Gasteiger partial charge in [0.2, 0.25) is 0 Å². The molecule has 1 aliphatic heterocycles. The highest BCUT2D eigenvalue weighted by Crippen LogP contribution is 2.40. The number of rotatable bonds is 11. The summed E-state index contributed by atoms with van der Waals surface area (Å²) in [7, 11) is 1.62. The van der Waals surface area contributed by atoms with E-state index in [1.165, 1.54) is 0 Å². The number of likely N-dealkylation sites (tertiary alicyclic amines) is 1. The van der Waals surface area contributed by atoms with Crippen molar-refractivity contribution in [3.8, 4) is 5.75 Å². The average Bonchev–Trinajstić information content (AvgIpc) is 2.91. The van der Waals surface area contributed by atoms with Crippen LogP contribution in [-0.2, 0) is 0 Å². The highest BCUT2D eigenvalue weighted by molar-refractivity contribution is 7.99. The summed E-state index contributed by atoms with van der Waals surface area (Å²) in [6.45, 7) is 3.10. The van der Waals surface area contributed by atoms with Gasteiger partial charge in [-0.3, -0.25) is 4.98 Å². The van der Waals surface area contributed by atoms with Gasteiger partial charge in [0.05, 0.1) is 28.8 Å². The van der Waals surface area contributed by atoms with Crippen LogP contribution in [0, 0.1) is 5.41 Å². The second-order valence-electron chi connectivity index (χ2n) is 9.59. The molecule has 0 spiro atoms. The van der Waals surface area contributed by atoms with E-state index in [9.17, 15) is 10.2 Å². The Balaban J connectivity index is 1.30. The third-order valence-electron chi connectivity index (χ3n) is 7.31. The minimum Gasteiger partial charge on any atom is -0.497 e. The number of pyridine rings is 1. The quantitative estimate of drug-likeness (QED) is 0.207. The summed E-state index contributed by atoms with van der Waals surface area (Å²) < 4.78 is 5.36. The molecule has 36 heavy (non-hydrogen) atoms. The molecule has 1 saturated heterocycles. The molecule has 5 nitrogen and oxygen atoms in total. The number of ether oxygens (including phenoxy) is 1. The topological polar surface area (TPSA) is 65.8 Å². The normalized spacial score (nSPS) is 16.8. The summed E-state index contributed by atoms with van der Waals surface area (Å²) in [5.41, 5.74) is 1.28. The molecule has 194 valence electrons. The molecule has 0 bridgehead atoms. The Bertz CT molecular complexity index is 1150. The molecular weight excluding hydrogens is 515 g/mol. The number of aliphatic hydroxyl groups is 2. The summed E-state index contributed by atoms with van der Waals surface area (Å²) in [6.07, 6.45) is 5.07. The number of fused-ring (bicyclic) bond motifs is 1. The van der Waals surface area contributed by atoms with Gasteiger partial charge in [0.15, 0.2) is 0 Å². The van der Waals surface area contributed by atoms with Gasteiger partial charge in [-0.1, -0.05) is 35.3 Å². The van der Waals surface area contributed by atoms with Crippen LogP contribution in [0.2, 0.25) is 10.0 Å². The Morgan fingerprint density at radius 1 is 1.14 bits per heavy atom. The zero-order chi connectivity index (χ0) is 25.5. The summed E-state index contributed by atoms with van der Waals surface area (Å²) in [5.74, 6) is 1.73. The summed E-state index contributed by atoms with van der Waals surface area (Å²) in [5, 5.41) is 23.5. The van der Waals surface area contributed by atoms with Crippen molar-refractivity contribution in [2.45, 2.75) is 43.1 Å². The molecule has 1 fully saturated rings. The van der Waals surface area contributed by atoms with Crippen LogP contribution >= 0.6 is 35.0 Å². The van der Waals surface area contributed by atoms with Crippen molar-refractivity contribution in [2.24, 2.45) is 5.41 Å². The molecule has 2 aromatic carbocycles. The molecule has 0 unspecified atom stereocenters. The van der Waals surface area contributed by atoms with Crippen molar-refractivity contribution in [1.29, 1.82) is 0 Å². The van der Waals surface area contributed by atoms with E-state index in [2.05, 4.69) is 16.0 Å². The molecule has 0 saturated carbocycles. The van der Waals surface area contributed by atoms with E-state index < -0.39 is 6.10 Å². The SMILES string of the molecule is COc1ccc2ncc(Cl)c([C@@H](O)CCC3(CO)CCN(CCCSc4ccccc4Cl)CC3)c2c1. The smallest absolute Gasteiger partial charge is 0.119 e. The standard InChI is InChI=1S/C28H34Cl2N2O3S/c1-35-20-7-8-24-21(17-20)27(23(30)18-31-24)25(34)9-10-28(19-33)11-14-32(15-12-28)13-4-16-36-26-6-3-2-5-22(26)29/h2-3,5-8,17-18,25,33-34H,4,9-16,19H2,1H3/t25-/m0/s1. The zero-order valence-corrected chi connectivity index (χ0v) is 23.0. The van der Waals surface area contributed by atoms with Crippen LogP contribution < -0.4 is 4.74 Å². The van der Waals surface area contributed by atoms with Crippen LogP contribution in [0.3, 0.4) is 0 Å². The number of aromatic nitrogens is 1. The van der Waals surface area contributed by atoms with Gasteiger partial charge in [-0.2, -0.15) is 0 Å². The molecule has 2 heterocycles. The molecule has 1 aliphatic rings. The van der Waals surface area contributed by atoms with E-state index in [0.717, 1.165) is 71.9 Å². The van der Waals surface area contributed by atoms with Crippen molar-refractivity contribution in [1.82, 2.24) is 9.88 Å². The molecule has 1 aromatic heterocycles. The monoisotopic (exact) mass is 548 g/mol. The van der Waals surface area contributed by atoms with Crippen molar-refractivity contribution in [3.63, 3.8) is 0 Å². The van der Waals surface area contributed by atoms with Crippen LogP contribution in [0.1, 0.15) is 43.8 Å². The van der Waals surface area contributed by atoms with Gasteiger partial charge in [0.25, 0.3) is 0 Å². The first-order valence-corrected chi connectivity index (χ1v) is 14.2. The number of piperidine rings is 1. The maximum Gasteiger partial charge on any atom is 0.119 e. The van der Waals surface area contributed by atoms with Crippen LogP contribution in [0.4, 0.5) is 0 Å². The Labute approximate surface area is 227 Å². The average molecular weight is 550 g/mol. The first-order chi connectivity index (χ1) is 17.4. The Kier molecular flexibility index (Phi) is 9.78. The number of benzene rings is 2. The molecule has 2 N–H and O–H groups in total. The van der Waals surface area contributed by atoms with Crippen LogP contribution in [0.5, 0.6) is 5.75 Å². The summed E-state index contributed by atoms with van der Waals surface area (Å²) >= 11 is 14.5. The molecule has 4 rings (SSSR count). The fraction of sp³-hybridized carbons (Fsp3) is 0.464. The van der Waals surface area contributed by atoms with E-state index in [4.69, 9.17) is 27.9 Å². The minimum absolute atomic E-state index is 0.133. The van der Waals surface area contributed by atoms with Crippen LogP contribution in [-0.4, -0.2) is 59.2 Å². The summed E-state index contributed by atoms with van der Waals surface area (Å²) in [4.78, 5) is 8.01. The number of halogens is 2. The Morgan fingerprint density at radius 2 is 1.92 bits per heavy atom. The third-order valence-corrected chi connectivity index (χ3v) is 9.22. The molecule has 1 atom stereocenters. The fourth-order valence-corrected chi connectivity index (χ4v) is 6.44. The van der Waals surface area contributed by atoms with Crippen LogP contribution in [0.15, 0.2) is 53.6 Å². The van der Waals surface area contributed by atoms with E-state index in [1.807, 2.05) is 36.4 Å². The lowest BCUT2D eigenvalue weighted by Crippen LogP contribution is -2.42. The third kappa shape index (κ3) is 6.66. The molecule has 0 amide bonds. The fourth-order valence-electron chi connectivity index (χ4n) is 4.99. The highest BCUT2D eigenvalue weighted by Gasteiger charge is 2.34. The van der Waals surface area contributed by atoms with Gasteiger partial charge < -0.3 is 19.8 Å². The lowest BCUT2D eigenvalue weighted by molar-refractivity contribution is 0.0238. The predicted octanol–water partition coefficient (Wildman–Crippen LogP) is 6.62. The zero-order valence-electron chi connectivity index (χ0n) is 20.6. The van der Waals surface area contributed by atoms with E-state index >= 15 is 0 Å². The first-order valence-electron chi connectivity index (χ1n) is 12.5. The van der Waals surface area contributed by atoms with Crippen molar-refractivity contribution in [2.75, 3.05) is 39.1 Å². The molecule has 0 aliphatic carbocycles. The maximum atomic E-state index is 11.2. The second kappa shape index (κ2) is 12.8. The Hall–Kier alpha value is -1.54. The number of hydrogen-bond acceptors (Lipinski definition) is 6. The van der Waals surface area contributed by atoms with E-state index in [0.29, 0.717) is 22.8 Å². The lowest BCUT2D eigenvalue weighted by atomic mass is 9.74. The second-order valence-corrected chi connectivity index (χ2v) is 11.5. The molecule has 8 heteroatoms. The number of thioether (sulfide) groups is 1. The largest absolute Gasteiger partial charge is 0.497 e. The van der Waals surface area contributed by atoms with E-state index in [1.54, 1.807) is 25.1 Å². The van der Waals surface area contributed by atoms with Crippen LogP contribution in [0.25, 0.3) is 10.9 Å². The van der Waals surface area contributed by atoms with Gasteiger partial charge in [0.1, 0.15) is 5.75 Å². The van der Waals surface area contributed by atoms with Gasteiger partial charge in [-0.05, 0) is 93.2 Å². The van der Waals surface area contributed by atoms with Crippen molar-refractivity contribution >= 4 is 45.9 Å². The van der Waals surface area contributed by atoms with E-state index in [-0.39, 0.29) is 12.0 Å². The number of nitrogens with zero attached hydrogens (tertiary/aromatic N) is 2. The number of methoxy groups -OCH3 is 1. The van der Waals surface area contributed by atoms with Crippen molar-refractivity contribution in [3.05, 3.63) is 64.3 Å². The molecule has 0 radical (unpaired) electrons. The number of hydrogen-bond donors (Lipinski definition) is 2. The lowest BCUT2D eigenvalue weighted by Gasteiger charge is -2.41. The molecule has 3 aromatic rings. The molecular formula is C28H34Cl2N2O3S. The highest BCUT2D eigenvalue weighted by atomic mass is 35.5. The van der Waals surface area contributed by atoms with Gasteiger partial charge >= 0.3 is 0 Å². The first kappa shape index (κ1) is 27.5. The maximum absolute atomic E-state index is 11.2.